The van der Waals surface area contributed by atoms with Crippen molar-refractivity contribution in [2.24, 2.45) is 0 Å². The number of hydrogen-bond acceptors (Lipinski definition) is 5. The zero-order valence-electron chi connectivity index (χ0n) is 14.3. The second-order valence-corrected chi connectivity index (χ2v) is 6.76. The summed E-state index contributed by atoms with van der Waals surface area (Å²) in [5, 5.41) is 7.22. The lowest BCUT2D eigenvalue weighted by atomic mass is 10.1. The minimum Gasteiger partial charge on any atom is -0.334 e. The monoisotopic (exact) mass is 375 g/mol. The number of hydrogen-bond donors (Lipinski definition) is 1. The molecule has 0 saturated carbocycles. The zero-order valence-corrected chi connectivity index (χ0v) is 15.9. The van der Waals surface area contributed by atoms with Crippen LogP contribution in [0.2, 0.25) is 0 Å². The van der Waals surface area contributed by atoms with Gasteiger partial charge in [0.15, 0.2) is 5.82 Å². The minimum atomic E-state index is 0. The Hall–Kier alpha value is -1.82. The van der Waals surface area contributed by atoms with Crippen molar-refractivity contribution in [3.63, 3.8) is 0 Å². The molecule has 0 fully saturated rings. The molecule has 1 N–H and O–H groups in total. The molecule has 1 aromatic heterocycles. The first kappa shape index (κ1) is 19.5. The molecule has 3 rings (SSSR count). The minimum absolute atomic E-state index is 0. The highest BCUT2D eigenvalue weighted by Crippen LogP contribution is 2.24. The number of halogens is 1. The van der Waals surface area contributed by atoms with Crippen LogP contribution in [0, 0.1) is 0 Å². The number of aromatic nitrogens is 2. The molecular formula is C19H22ClN3OS. The molecule has 0 radical (unpaired) electrons. The molecule has 3 aromatic rings. The second-order valence-electron chi connectivity index (χ2n) is 5.71. The SMILES string of the molecule is CNC(C)Cc1noc(-c2ccc(CSc3ccccc3)cc2)n1.Cl. The molecule has 25 heavy (non-hydrogen) atoms. The molecule has 0 saturated heterocycles. The van der Waals surface area contributed by atoms with Crippen molar-refractivity contribution in [1.29, 1.82) is 0 Å². The van der Waals surface area contributed by atoms with Crippen LogP contribution in [0.1, 0.15) is 18.3 Å². The van der Waals surface area contributed by atoms with Gasteiger partial charge < -0.3 is 9.84 Å². The van der Waals surface area contributed by atoms with Gasteiger partial charge in [0, 0.05) is 28.7 Å². The molecule has 1 heterocycles. The molecule has 0 aliphatic carbocycles. The highest BCUT2D eigenvalue weighted by Gasteiger charge is 2.11. The van der Waals surface area contributed by atoms with Crippen molar-refractivity contribution in [2.45, 2.75) is 30.0 Å². The van der Waals surface area contributed by atoms with Crippen molar-refractivity contribution in [2.75, 3.05) is 7.05 Å². The summed E-state index contributed by atoms with van der Waals surface area (Å²) >= 11 is 1.83. The van der Waals surface area contributed by atoms with Crippen molar-refractivity contribution in [3.8, 4) is 11.5 Å². The molecule has 2 aromatic carbocycles. The Balaban J connectivity index is 0.00000225. The average molecular weight is 376 g/mol. The summed E-state index contributed by atoms with van der Waals surface area (Å²) in [6.45, 7) is 2.09. The van der Waals surface area contributed by atoms with Crippen molar-refractivity contribution >= 4 is 24.2 Å². The maximum atomic E-state index is 5.37. The van der Waals surface area contributed by atoms with Gasteiger partial charge in [0.25, 0.3) is 5.89 Å². The molecule has 0 aliphatic rings. The summed E-state index contributed by atoms with van der Waals surface area (Å²) in [5.74, 6) is 2.25. The lowest BCUT2D eigenvalue weighted by Gasteiger charge is -2.04. The van der Waals surface area contributed by atoms with E-state index in [9.17, 15) is 0 Å². The van der Waals surface area contributed by atoms with Crippen LogP contribution >= 0.6 is 24.2 Å². The summed E-state index contributed by atoms with van der Waals surface area (Å²) in [4.78, 5) is 5.75. The maximum Gasteiger partial charge on any atom is 0.257 e. The third kappa shape index (κ3) is 5.59. The van der Waals surface area contributed by atoms with Crippen LogP contribution in [0.3, 0.4) is 0 Å². The summed E-state index contributed by atoms with van der Waals surface area (Å²) in [7, 11) is 1.93. The van der Waals surface area contributed by atoms with E-state index in [1.165, 1.54) is 10.5 Å². The van der Waals surface area contributed by atoms with Crippen LogP contribution in [-0.2, 0) is 12.2 Å². The highest BCUT2D eigenvalue weighted by molar-refractivity contribution is 7.98. The van der Waals surface area contributed by atoms with Crippen LogP contribution in [0.5, 0.6) is 0 Å². The molecule has 1 atom stereocenters. The number of thioether (sulfide) groups is 1. The van der Waals surface area contributed by atoms with Crippen LogP contribution in [0.4, 0.5) is 0 Å². The Kier molecular flexibility index (Phi) is 7.50. The summed E-state index contributed by atoms with van der Waals surface area (Å²) in [6, 6.07) is 19.1. The molecular weight excluding hydrogens is 354 g/mol. The number of nitrogens with zero attached hydrogens (tertiary/aromatic N) is 2. The summed E-state index contributed by atoms with van der Waals surface area (Å²) in [6.07, 6.45) is 0.756. The average Bonchev–Trinajstić information content (AvgIpc) is 3.09. The van der Waals surface area contributed by atoms with E-state index in [1.54, 1.807) is 0 Å². The van der Waals surface area contributed by atoms with Crippen molar-refractivity contribution in [1.82, 2.24) is 15.5 Å². The third-order valence-corrected chi connectivity index (χ3v) is 4.88. The van der Waals surface area contributed by atoms with E-state index in [4.69, 9.17) is 4.52 Å². The zero-order chi connectivity index (χ0) is 16.8. The van der Waals surface area contributed by atoms with Crippen LogP contribution < -0.4 is 5.32 Å². The van der Waals surface area contributed by atoms with E-state index in [-0.39, 0.29) is 12.4 Å². The van der Waals surface area contributed by atoms with Gasteiger partial charge in [-0.05, 0) is 43.8 Å². The Morgan fingerprint density at radius 1 is 1.08 bits per heavy atom. The number of rotatable bonds is 7. The molecule has 1 unspecified atom stereocenters. The van der Waals surface area contributed by atoms with Gasteiger partial charge in [-0.2, -0.15) is 4.98 Å². The fourth-order valence-electron chi connectivity index (χ4n) is 2.26. The lowest BCUT2D eigenvalue weighted by molar-refractivity contribution is 0.418. The van der Waals surface area contributed by atoms with E-state index in [1.807, 2.05) is 37.0 Å². The highest BCUT2D eigenvalue weighted by atomic mass is 35.5. The Morgan fingerprint density at radius 3 is 2.48 bits per heavy atom. The van der Waals surface area contributed by atoms with Crippen LogP contribution in [0.15, 0.2) is 64.0 Å². The van der Waals surface area contributed by atoms with Gasteiger partial charge in [0.05, 0.1) is 0 Å². The number of likely N-dealkylation sites (N-methyl/N-ethyl adjacent to an activating group) is 1. The molecule has 132 valence electrons. The van der Waals surface area contributed by atoms with Crippen LogP contribution in [0.25, 0.3) is 11.5 Å². The van der Waals surface area contributed by atoms with Gasteiger partial charge in [0.2, 0.25) is 0 Å². The molecule has 0 bridgehead atoms. The molecule has 6 heteroatoms. The van der Waals surface area contributed by atoms with E-state index >= 15 is 0 Å². The molecule has 0 aliphatic heterocycles. The molecule has 0 spiro atoms. The number of benzene rings is 2. The molecule has 4 nitrogen and oxygen atoms in total. The van der Waals surface area contributed by atoms with E-state index in [2.05, 4.69) is 58.8 Å². The lowest BCUT2D eigenvalue weighted by Crippen LogP contribution is -2.24. The van der Waals surface area contributed by atoms with Gasteiger partial charge in [-0.25, -0.2) is 0 Å². The standard InChI is InChI=1S/C19H21N3OS.ClH/c1-14(20-2)12-18-21-19(23-22-18)16-10-8-15(9-11-16)13-24-17-6-4-3-5-7-17;/h3-11,14,20H,12-13H2,1-2H3;1H. The Labute approximate surface area is 158 Å². The largest absolute Gasteiger partial charge is 0.334 e. The first-order valence-electron chi connectivity index (χ1n) is 8.01. The molecule has 0 amide bonds. The van der Waals surface area contributed by atoms with E-state index in [0.29, 0.717) is 11.9 Å². The second kappa shape index (κ2) is 9.61. The van der Waals surface area contributed by atoms with Crippen molar-refractivity contribution in [3.05, 3.63) is 66.0 Å². The first-order chi connectivity index (χ1) is 11.7. The predicted molar refractivity (Wildman–Crippen MR) is 105 cm³/mol. The Bertz CT molecular complexity index is 762. The van der Waals surface area contributed by atoms with E-state index in [0.717, 1.165) is 23.6 Å². The van der Waals surface area contributed by atoms with E-state index < -0.39 is 0 Å². The van der Waals surface area contributed by atoms with Gasteiger partial charge in [-0.3, -0.25) is 0 Å². The maximum absolute atomic E-state index is 5.37. The van der Waals surface area contributed by atoms with Gasteiger partial charge in [-0.15, -0.1) is 24.2 Å². The summed E-state index contributed by atoms with van der Waals surface area (Å²) in [5.41, 5.74) is 2.23. The Morgan fingerprint density at radius 2 is 1.80 bits per heavy atom. The number of nitrogens with one attached hydrogen (secondary N) is 1. The van der Waals surface area contributed by atoms with Crippen LogP contribution in [-0.4, -0.2) is 23.2 Å². The third-order valence-electron chi connectivity index (χ3n) is 3.80. The smallest absolute Gasteiger partial charge is 0.257 e. The van der Waals surface area contributed by atoms with Gasteiger partial charge in [-0.1, -0.05) is 35.5 Å². The van der Waals surface area contributed by atoms with Crippen molar-refractivity contribution < 1.29 is 4.52 Å². The predicted octanol–water partition coefficient (Wildman–Crippen LogP) is 4.60. The summed E-state index contributed by atoms with van der Waals surface area (Å²) < 4.78 is 5.37. The van der Waals surface area contributed by atoms with Gasteiger partial charge in [0.1, 0.15) is 0 Å². The normalized spacial score (nSPS) is 11.8. The first-order valence-corrected chi connectivity index (χ1v) is 9.00. The quantitative estimate of drug-likeness (QED) is 0.611. The fourth-order valence-corrected chi connectivity index (χ4v) is 3.13. The van der Waals surface area contributed by atoms with Gasteiger partial charge >= 0.3 is 0 Å². The topological polar surface area (TPSA) is 51.0 Å². The fraction of sp³-hybridized carbons (Fsp3) is 0.263.